The van der Waals surface area contributed by atoms with Crippen molar-refractivity contribution >= 4 is 5.69 Å². The van der Waals surface area contributed by atoms with Gasteiger partial charge in [-0.25, -0.2) is 4.68 Å². The molecule has 7 nitrogen and oxygen atoms in total. The van der Waals surface area contributed by atoms with Crippen LogP contribution in [0.4, 0.5) is 10.1 Å². The largest absolute Gasteiger partial charge is 0.396 e. The SMILES string of the molecule is O=[N+]([O-])c1ccc(-n2cc(CCCO)nn2)cc1F. The van der Waals surface area contributed by atoms with E-state index in [1.54, 1.807) is 6.20 Å². The number of aliphatic hydroxyl groups excluding tert-OH is 1. The van der Waals surface area contributed by atoms with Gasteiger partial charge in [-0.15, -0.1) is 5.10 Å². The Hall–Kier alpha value is -2.35. The number of nitrogens with zero attached hydrogens (tertiary/aromatic N) is 4. The third-order valence-electron chi connectivity index (χ3n) is 2.52. The Labute approximate surface area is 107 Å². The van der Waals surface area contributed by atoms with Crippen LogP contribution in [-0.4, -0.2) is 31.6 Å². The molecule has 1 N–H and O–H groups in total. The summed E-state index contributed by atoms with van der Waals surface area (Å²) in [5, 5.41) is 26.9. The van der Waals surface area contributed by atoms with Gasteiger partial charge in [0, 0.05) is 18.7 Å². The molecule has 8 heteroatoms. The van der Waals surface area contributed by atoms with Crippen LogP contribution in [0, 0.1) is 15.9 Å². The van der Waals surface area contributed by atoms with E-state index in [0.29, 0.717) is 24.2 Å². The summed E-state index contributed by atoms with van der Waals surface area (Å²) in [6.45, 7) is 0.0546. The molecule has 0 fully saturated rings. The van der Waals surface area contributed by atoms with Crippen LogP contribution in [0.3, 0.4) is 0 Å². The van der Waals surface area contributed by atoms with E-state index in [4.69, 9.17) is 5.11 Å². The molecule has 0 aliphatic rings. The van der Waals surface area contributed by atoms with Gasteiger partial charge < -0.3 is 5.11 Å². The van der Waals surface area contributed by atoms with Gasteiger partial charge in [-0.1, -0.05) is 5.21 Å². The fraction of sp³-hybridized carbons (Fsp3) is 0.273. The summed E-state index contributed by atoms with van der Waals surface area (Å²) in [6.07, 6.45) is 2.72. The monoisotopic (exact) mass is 266 g/mol. The maximum atomic E-state index is 13.5. The molecule has 0 saturated heterocycles. The second kappa shape index (κ2) is 5.53. The highest BCUT2D eigenvalue weighted by molar-refractivity contribution is 5.41. The van der Waals surface area contributed by atoms with Gasteiger partial charge >= 0.3 is 5.69 Å². The molecule has 0 spiro atoms. The molecule has 0 unspecified atom stereocenters. The Morgan fingerprint density at radius 2 is 2.26 bits per heavy atom. The number of benzene rings is 1. The summed E-state index contributed by atoms with van der Waals surface area (Å²) in [5.41, 5.74) is 0.433. The third-order valence-corrected chi connectivity index (χ3v) is 2.52. The standard InChI is InChI=1S/C11H11FN4O3/c12-10-6-9(3-4-11(10)16(18)19)15-7-8(13-14-15)2-1-5-17/h3-4,6-7,17H,1-2,5H2. The number of halogens is 1. The van der Waals surface area contributed by atoms with Crippen LogP contribution in [-0.2, 0) is 6.42 Å². The molecule has 0 aliphatic heterocycles. The summed E-state index contributed by atoms with van der Waals surface area (Å²) < 4.78 is 14.8. The molecule has 100 valence electrons. The van der Waals surface area contributed by atoms with Crippen molar-refractivity contribution in [2.75, 3.05) is 6.61 Å². The Balaban J connectivity index is 2.24. The number of aromatic nitrogens is 3. The molecule has 19 heavy (non-hydrogen) atoms. The van der Waals surface area contributed by atoms with Gasteiger partial charge in [0.1, 0.15) is 0 Å². The molecule has 0 aliphatic carbocycles. The van der Waals surface area contributed by atoms with E-state index < -0.39 is 16.4 Å². The Morgan fingerprint density at radius 3 is 2.89 bits per heavy atom. The molecule has 0 bridgehead atoms. The summed E-state index contributed by atoms with van der Waals surface area (Å²) in [5.74, 6) is -0.921. The van der Waals surface area contributed by atoms with Crippen molar-refractivity contribution in [3.05, 3.63) is 46.0 Å². The van der Waals surface area contributed by atoms with E-state index >= 15 is 0 Å². The van der Waals surface area contributed by atoms with E-state index in [1.165, 1.54) is 10.7 Å². The molecule has 0 saturated carbocycles. The molecule has 1 aromatic heterocycles. The normalized spacial score (nSPS) is 10.6. The molecule has 2 rings (SSSR count). The molecule has 0 atom stereocenters. The third kappa shape index (κ3) is 2.91. The zero-order valence-electron chi connectivity index (χ0n) is 9.86. The lowest BCUT2D eigenvalue weighted by molar-refractivity contribution is -0.387. The van der Waals surface area contributed by atoms with Crippen molar-refractivity contribution in [1.29, 1.82) is 0 Å². The molecular weight excluding hydrogens is 255 g/mol. The number of nitro benzene ring substituents is 1. The summed E-state index contributed by atoms with van der Waals surface area (Å²) in [4.78, 5) is 9.71. The smallest absolute Gasteiger partial charge is 0.304 e. The van der Waals surface area contributed by atoms with Crippen LogP contribution in [0.5, 0.6) is 0 Å². The summed E-state index contributed by atoms with van der Waals surface area (Å²) in [7, 11) is 0. The Morgan fingerprint density at radius 1 is 1.47 bits per heavy atom. The minimum atomic E-state index is -0.921. The Kier molecular flexibility index (Phi) is 3.81. The fourth-order valence-corrected chi connectivity index (χ4v) is 1.59. The highest BCUT2D eigenvalue weighted by Crippen LogP contribution is 2.19. The maximum Gasteiger partial charge on any atom is 0.304 e. The van der Waals surface area contributed by atoms with Crippen LogP contribution < -0.4 is 0 Å². The highest BCUT2D eigenvalue weighted by Gasteiger charge is 2.14. The lowest BCUT2D eigenvalue weighted by Crippen LogP contribution is -1.98. The van der Waals surface area contributed by atoms with Crippen molar-refractivity contribution in [2.45, 2.75) is 12.8 Å². The van der Waals surface area contributed by atoms with Gasteiger partial charge in [-0.05, 0) is 18.9 Å². The first-order valence-corrected chi connectivity index (χ1v) is 5.58. The lowest BCUT2D eigenvalue weighted by Gasteiger charge is -2.00. The van der Waals surface area contributed by atoms with Crippen LogP contribution in [0.1, 0.15) is 12.1 Å². The number of hydrogen-bond donors (Lipinski definition) is 1. The molecule has 2 aromatic rings. The van der Waals surface area contributed by atoms with E-state index in [0.717, 1.165) is 12.1 Å². The number of rotatable bonds is 5. The molecule has 1 heterocycles. The average Bonchev–Trinajstić information content (AvgIpc) is 2.84. The molecule has 0 amide bonds. The van der Waals surface area contributed by atoms with Crippen LogP contribution in [0.15, 0.2) is 24.4 Å². The maximum absolute atomic E-state index is 13.5. The first-order chi connectivity index (χ1) is 9.11. The second-order valence-corrected chi connectivity index (χ2v) is 3.87. The van der Waals surface area contributed by atoms with Crippen molar-refractivity contribution in [3.8, 4) is 5.69 Å². The van der Waals surface area contributed by atoms with E-state index in [1.807, 2.05) is 0 Å². The quantitative estimate of drug-likeness (QED) is 0.649. The predicted molar refractivity (Wildman–Crippen MR) is 63.4 cm³/mol. The topological polar surface area (TPSA) is 94.1 Å². The van der Waals surface area contributed by atoms with E-state index in [-0.39, 0.29) is 6.61 Å². The zero-order chi connectivity index (χ0) is 13.8. The van der Waals surface area contributed by atoms with E-state index in [9.17, 15) is 14.5 Å². The molecule has 0 radical (unpaired) electrons. The number of aryl methyl sites for hydroxylation is 1. The zero-order valence-corrected chi connectivity index (χ0v) is 9.86. The van der Waals surface area contributed by atoms with Crippen LogP contribution >= 0.6 is 0 Å². The molecular formula is C11H11FN4O3. The van der Waals surface area contributed by atoms with Crippen molar-refractivity contribution < 1.29 is 14.4 Å². The van der Waals surface area contributed by atoms with Gasteiger partial charge in [0.05, 0.1) is 22.5 Å². The van der Waals surface area contributed by atoms with E-state index in [2.05, 4.69) is 10.3 Å². The first kappa shape index (κ1) is 13.1. The van der Waals surface area contributed by atoms with Crippen LogP contribution in [0.2, 0.25) is 0 Å². The fourth-order valence-electron chi connectivity index (χ4n) is 1.59. The average molecular weight is 266 g/mol. The van der Waals surface area contributed by atoms with Gasteiger partial charge in [0.2, 0.25) is 5.82 Å². The van der Waals surface area contributed by atoms with Gasteiger partial charge in [-0.3, -0.25) is 10.1 Å². The Bertz CT molecular complexity index is 599. The minimum absolute atomic E-state index is 0.0546. The van der Waals surface area contributed by atoms with Crippen molar-refractivity contribution in [2.24, 2.45) is 0 Å². The lowest BCUT2D eigenvalue weighted by atomic mass is 10.2. The summed E-state index contributed by atoms with van der Waals surface area (Å²) >= 11 is 0. The van der Waals surface area contributed by atoms with Gasteiger partial charge in [0.15, 0.2) is 0 Å². The van der Waals surface area contributed by atoms with Crippen molar-refractivity contribution in [3.63, 3.8) is 0 Å². The second-order valence-electron chi connectivity index (χ2n) is 3.87. The van der Waals surface area contributed by atoms with Crippen LogP contribution in [0.25, 0.3) is 5.69 Å². The minimum Gasteiger partial charge on any atom is -0.396 e. The number of aliphatic hydroxyl groups is 1. The first-order valence-electron chi connectivity index (χ1n) is 5.58. The highest BCUT2D eigenvalue weighted by atomic mass is 19.1. The number of nitro groups is 1. The summed E-state index contributed by atoms with van der Waals surface area (Å²) in [6, 6.07) is 3.51. The van der Waals surface area contributed by atoms with Gasteiger partial charge in [0.25, 0.3) is 0 Å². The van der Waals surface area contributed by atoms with Gasteiger partial charge in [-0.2, -0.15) is 4.39 Å². The number of hydrogen-bond acceptors (Lipinski definition) is 5. The molecule has 1 aromatic carbocycles. The van der Waals surface area contributed by atoms with Crippen molar-refractivity contribution in [1.82, 2.24) is 15.0 Å². The predicted octanol–water partition coefficient (Wildman–Crippen LogP) is 1.24.